The topological polar surface area (TPSA) is 12.0 Å². The van der Waals surface area contributed by atoms with Gasteiger partial charge < -0.3 is 5.32 Å². The van der Waals surface area contributed by atoms with Crippen LogP contribution in [0.3, 0.4) is 0 Å². The summed E-state index contributed by atoms with van der Waals surface area (Å²) in [6.45, 7) is 1.19. The van der Waals surface area contributed by atoms with Gasteiger partial charge in [0.1, 0.15) is 0 Å². The van der Waals surface area contributed by atoms with Crippen LogP contribution in [-0.2, 0) is 0 Å². The lowest BCUT2D eigenvalue weighted by Gasteiger charge is -2.21. The zero-order valence-electron chi connectivity index (χ0n) is 11.3. The van der Waals surface area contributed by atoms with E-state index in [1.807, 2.05) is 0 Å². The largest absolute Gasteiger partial charge is 0.314 e. The third-order valence-corrected chi connectivity index (χ3v) is 3.95. The second-order valence-electron chi connectivity index (χ2n) is 5.35. The molecule has 0 aromatic heterocycles. The summed E-state index contributed by atoms with van der Waals surface area (Å²) in [4.78, 5) is 0. The third kappa shape index (κ3) is 3.05. The Labute approximate surface area is 115 Å². The molecule has 3 rings (SSSR count). The smallest absolute Gasteiger partial charge is 0.0102 e. The van der Waals surface area contributed by atoms with E-state index in [9.17, 15) is 0 Å². The minimum Gasteiger partial charge on any atom is -0.314 e. The van der Waals surface area contributed by atoms with E-state index in [1.165, 1.54) is 42.1 Å². The Hall–Kier alpha value is -1.60. The highest BCUT2D eigenvalue weighted by Gasteiger charge is 2.09. The molecule has 98 valence electrons. The fourth-order valence-electron chi connectivity index (χ4n) is 2.88. The first-order chi connectivity index (χ1) is 9.43. The number of hydrogen-bond acceptors (Lipinski definition) is 1. The first-order valence-corrected chi connectivity index (χ1v) is 7.31. The molecular weight excluding hydrogens is 230 g/mol. The van der Waals surface area contributed by atoms with E-state index in [2.05, 4.69) is 59.9 Å². The Morgan fingerprint density at radius 3 is 2.84 bits per heavy atom. The average molecular weight is 251 g/mol. The van der Waals surface area contributed by atoms with E-state index < -0.39 is 0 Å². The van der Waals surface area contributed by atoms with Crippen molar-refractivity contribution in [1.29, 1.82) is 0 Å². The van der Waals surface area contributed by atoms with Crippen molar-refractivity contribution >= 4 is 16.8 Å². The zero-order valence-corrected chi connectivity index (χ0v) is 11.3. The Morgan fingerprint density at radius 1 is 1.05 bits per heavy atom. The van der Waals surface area contributed by atoms with Gasteiger partial charge in [0.2, 0.25) is 0 Å². The molecule has 0 bridgehead atoms. The van der Waals surface area contributed by atoms with Crippen molar-refractivity contribution < 1.29 is 0 Å². The Kier molecular flexibility index (Phi) is 3.95. The van der Waals surface area contributed by atoms with Crippen LogP contribution in [0.1, 0.15) is 31.2 Å². The molecule has 0 aliphatic carbocycles. The molecule has 1 aliphatic heterocycles. The predicted molar refractivity (Wildman–Crippen MR) is 83.2 cm³/mol. The van der Waals surface area contributed by atoms with Crippen LogP contribution in [0.25, 0.3) is 16.8 Å². The molecule has 0 amide bonds. The normalized spacial score (nSPS) is 20.1. The van der Waals surface area contributed by atoms with Crippen molar-refractivity contribution in [3.05, 3.63) is 54.1 Å². The summed E-state index contributed by atoms with van der Waals surface area (Å²) in [5.74, 6) is 0. The van der Waals surface area contributed by atoms with Crippen molar-refractivity contribution in [3.63, 3.8) is 0 Å². The molecule has 2 aromatic rings. The molecule has 0 saturated carbocycles. The van der Waals surface area contributed by atoms with Crippen molar-refractivity contribution in [3.8, 4) is 0 Å². The van der Waals surface area contributed by atoms with Gasteiger partial charge in [0.25, 0.3) is 0 Å². The number of piperidine rings is 1. The lowest BCUT2D eigenvalue weighted by Crippen LogP contribution is -2.33. The monoisotopic (exact) mass is 251 g/mol. The lowest BCUT2D eigenvalue weighted by molar-refractivity contribution is 0.404. The van der Waals surface area contributed by atoms with Crippen LogP contribution in [0.15, 0.2) is 48.5 Å². The molecule has 0 radical (unpaired) electrons. The van der Waals surface area contributed by atoms with Gasteiger partial charge in [-0.25, -0.2) is 0 Å². The van der Waals surface area contributed by atoms with Crippen LogP contribution in [0, 0.1) is 0 Å². The first-order valence-electron chi connectivity index (χ1n) is 7.31. The lowest BCUT2D eigenvalue weighted by atomic mass is 10.0. The molecule has 0 spiro atoms. The summed E-state index contributed by atoms with van der Waals surface area (Å²) in [7, 11) is 0. The van der Waals surface area contributed by atoms with Gasteiger partial charge in [0, 0.05) is 6.04 Å². The molecule has 1 nitrogen and oxygen atoms in total. The highest BCUT2D eigenvalue weighted by Crippen LogP contribution is 2.20. The number of nitrogens with one attached hydrogen (secondary N) is 1. The maximum atomic E-state index is 3.59. The molecule has 1 N–H and O–H groups in total. The molecule has 1 heterocycles. The third-order valence-electron chi connectivity index (χ3n) is 3.95. The summed E-state index contributed by atoms with van der Waals surface area (Å²) < 4.78 is 0. The predicted octanol–water partition coefficient (Wildman–Crippen LogP) is 4.39. The summed E-state index contributed by atoms with van der Waals surface area (Å²) in [5.41, 5.74) is 1.33. The maximum Gasteiger partial charge on any atom is 0.0102 e. The van der Waals surface area contributed by atoms with Gasteiger partial charge in [-0.05, 0) is 42.1 Å². The van der Waals surface area contributed by atoms with Gasteiger partial charge in [-0.15, -0.1) is 0 Å². The molecular formula is C18H21N. The van der Waals surface area contributed by atoms with Crippen LogP contribution in [0.5, 0.6) is 0 Å². The number of hydrogen-bond donors (Lipinski definition) is 1. The molecule has 1 heteroatoms. The standard InChI is InChI=1S/C18H21N/c1-2-13-18-15(7-1)8-5-9-16(18)10-6-12-17-11-3-4-14-19-17/h1-2,5-10,13,17,19H,3-4,11-12,14H2/b10-6+. The SMILES string of the molecule is C(=C\c1cccc2ccccc12)/CC1CCCCN1. The van der Waals surface area contributed by atoms with Crippen LogP contribution in [-0.4, -0.2) is 12.6 Å². The highest BCUT2D eigenvalue weighted by atomic mass is 14.9. The average Bonchev–Trinajstić information content (AvgIpc) is 2.49. The van der Waals surface area contributed by atoms with Crippen molar-refractivity contribution in [1.82, 2.24) is 5.32 Å². The minimum absolute atomic E-state index is 0.681. The van der Waals surface area contributed by atoms with Crippen LogP contribution >= 0.6 is 0 Å². The highest BCUT2D eigenvalue weighted by molar-refractivity contribution is 5.90. The number of rotatable bonds is 3. The van der Waals surface area contributed by atoms with Crippen LogP contribution < -0.4 is 5.32 Å². The molecule has 1 atom stereocenters. The van der Waals surface area contributed by atoms with E-state index >= 15 is 0 Å². The van der Waals surface area contributed by atoms with Gasteiger partial charge in [0.15, 0.2) is 0 Å². The first kappa shape index (κ1) is 12.4. The summed E-state index contributed by atoms with van der Waals surface area (Å²) in [6, 6.07) is 15.8. The fraction of sp³-hybridized carbons (Fsp3) is 0.333. The van der Waals surface area contributed by atoms with E-state index in [0.29, 0.717) is 6.04 Å². The van der Waals surface area contributed by atoms with Gasteiger partial charge in [0.05, 0.1) is 0 Å². The van der Waals surface area contributed by atoms with Crippen LogP contribution in [0.2, 0.25) is 0 Å². The number of benzene rings is 2. The summed E-state index contributed by atoms with van der Waals surface area (Å²) >= 11 is 0. The van der Waals surface area contributed by atoms with Crippen molar-refractivity contribution in [2.24, 2.45) is 0 Å². The second kappa shape index (κ2) is 6.03. The molecule has 1 aliphatic rings. The van der Waals surface area contributed by atoms with E-state index in [1.54, 1.807) is 0 Å². The molecule has 1 fully saturated rings. The van der Waals surface area contributed by atoms with Gasteiger partial charge in [-0.1, -0.05) is 61.0 Å². The Balaban J connectivity index is 1.73. The van der Waals surface area contributed by atoms with E-state index in [-0.39, 0.29) is 0 Å². The molecule has 1 saturated heterocycles. The number of fused-ring (bicyclic) bond motifs is 1. The van der Waals surface area contributed by atoms with Crippen molar-refractivity contribution in [2.45, 2.75) is 31.7 Å². The fourth-order valence-corrected chi connectivity index (χ4v) is 2.88. The van der Waals surface area contributed by atoms with E-state index in [4.69, 9.17) is 0 Å². The summed E-state index contributed by atoms with van der Waals surface area (Å²) in [5, 5.41) is 6.26. The minimum atomic E-state index is 0.681. The maximum absolute atomic E-state index is 3.59. The molecule has 1 unspecified atom stereocenters. The van der Waals surface area contributed by atoms with Gasteiger partial charge in [-0.2, -0.15) is 0 Å². The molecule has 19 heavy (non-hydrogen) atoms. The quantitative estimate of drug-likeness (QED) is 0.853. The Morgan fingerprint density at radius 2 is 1.95 bits per heavy atom. The van der Waals surface area contributed by atoms with Gasteiger partial charge >= 0.3 is 0 Å². The van der Waals surface area contributed by atoms with Crippen LogP contribution in [0.4, 0.5) is 0 Å². The zero-order chi connectivity index (χ0) is 12.9. The Bertz CT molecular complexity index is 559. The van der Waals surface area contributed by atoms with Gasteiger partial charge in [-0.3, -0.25) is 0 Å². The van der Waals surface area contributed by atoms with Crippen molar-refractivity contribution in [2.75, 3.05) is 6.54 Å². The summed E-state index contributed by atoms with van der Waals surface area (Å²) in [6.07, 6.45) is 9.77. The second-order valence-corrected chi connectivity index (χ2v) is 5.35. The molecule has 2 aromatic carbocycles. The van der Waals surface area contributed by atoms with E-state index in [0.717, 1.165) is 6.42 Å².